The molecule has 2 aromatic rings. The Morgan fingerprint density at radius 3 is 2.22 bits per heavy atom. The lowest BCUT2D eigenvalue weighted by Gasteiger charge is -2.17. The Bertz CT molecular complexity index is 890. The number of amides is 1. The monoisotopic (exact) mass is 390 g/mol. The largest absolute Gasteiger partial charge is 0.315 e. The third-order valence-corrected chi connectivity index (χ3v) is 6.75. The zero-order chi connectivity index (χ0) is 19.4. The van der Waals surface area contributed by atoms with Crippen molar-refractivity contribution in [2.45, 2.75) is 30.6 Å². The fraction of sp³-hybridized carbons (Fsp3) is 0.350. The number of rotatable bonds is 6. The minimum Gasteiger partial charge on any atom is -0.315 e. The van der Waals surface area contributed by atoms with Crippen molar-refractivity contribution in [3.63, 3.8) is 0 Å². The third kappa shape index (κ3) is 4.54. The highest BCUT2D eigenvalue weighted by molar-refractivity contribution is 7.89. The highest BCUT2D eigenvalue weighted by atomic mass is 32.2. The number of sulfonamides is 1. The van der Waals surface area contributed by atoms with Gasteiger partial charge in [-0.3, -0.25) is 4.79 Å². The highest BCUT2D eigenvalue weighted by Gasteiger charge is 2.26. The standard InChI is InChI=1S/C20H23FN2O3S/c1-22(18-9-7-17(21)8-10-18)20(24)13-6-16-4-11-19(12-5-16)27(25,26)23-14-2-3-15-23/h4-5,7-12H,2-3,6,13-15H2,1H3. The van der Waals surface area contributed by atoms with Crippen LogP contribution in [-0.2, 0) is 21.2 Å². The maximum absolute atomic E-state index is 13.0. The van der Waals surface area contributed by atoms with Gasteiger partial charge in [0.25, 0.3) is 0 Å². The SMILES string of the molecule is CN(C(=O)CCc1ccc(S(=O)(=O)N2CCCC2)cc1)c1ccc(F)cc1. The molecule has 0 spiro atoms. The smallest absolute Gasteiger partial charge is 0.243 e. The van der Waals surface area contributed by atoms with Crippen molar-refractivity contribution < 1.29 is 17.6 Å². The van der Waals surface area contributed by atoms with Crippen molar-refractivity contribution in [1.82, 2.24) is 4.31 Å². The summed E-state index contributed by atoms with van der Waals surface area (Å²) < 4.78 is 39.5. The maximum atomic E-state index is 13.0. The second-order valence-corrected chi connectivity index (χ2v) is 8.62. The van der Waals surface area contributed by atoms with Gasteiger partial charge in [-0.25, -0.2) is 12.8 Å². The molecule has 5 nitrogen and oxygen atoms in total. The van der Waals surface area contributed by atoms with E-state index in [-0.39, 0.29) is 18.1 Å². The number of halogens is 1. The Hall–Kier alpha value is -2.25. The number of hydrogen-bond donors (Lipinski definition) is 0. The molecule has 7 heteroatoms. The first kappa shape index (κ1) is 19.5. The highest BCUT2D eigenvalue weighted by Crippen LogP contribution is 2.21. The molecule has 0 saturated carbocycles. The van der Waals surface area contributed by atoms with Gasteiger partial charge in [0.1, 0.15) is 5.82 Å². The molecule has 1 heterocycles. The van der Waals surface area contributed by atoms with E-state index in [9.17, 15) is 17.6 Å². The van der Waals surface area contributed by atoms with Gasteiger partial charge in [-0.15, -0.1) is 0 Å². The van der Waals surface area contributed by atoms with Gasteiger partial charge in [0.2, 0.25) is 15.9 Å². The number of carbonyl (C=O) groups excluding carboxylic acids is 1. The lowest BCUT2D eigenvalue weighted by molar-refractivity contribution is -0.118. The van der Waals surface area contributed by atoms with Crippen LogP contribution < -0.4 is 4.90 Å². The van der Waals surface area contributed by atoms with Crippen molar-refractivity contribution in [2.24, 2.45) is 0 Å². The summed E-state index contributed by atoms with van der Waals surface area (Å²) in [6.07, 6.45) is 2.60. The summed E-state index contributed by atoms with van der Waals surface area (Å²) in [6.45, 7) is 1.16. The first-order chi connectivity index (χ1) is 12.9. The van der Waals surface area contributed by atoms with E-state index < -0.39 is 10.0 Å². The summed E-state index contributed by atoms with van der Waals surface area (Å²) in [5.41, 5.74) is 1.53. The first-order valence-electron chi connectivity index (χ1n) is 8.99. The molecule has 0 atom stereocenters. The molecule has 0 bridgehead atoms. The van der Waals surface area contributed by atoms with Crippen molar-refractivity contribution in [1.29, 1.82) is 0 Å². The van der Waals surface area contributed by atoms with Gasteiger partial charge in [-0.05, 0) is 61.2 Å². The molecule has 144 valence electrons. The summed E-state index contributed by atoms with van der Waals surface area (Å²) >= 11 is 0. The molecule has 0 radical (unpaired) electrons. The number of hydrogen-bond acceptors (Lipinski definition) is 3. The zero-order valence-corrected chi connectivity index (χ0v) is 16.1. The van der Waals surface area contributed by atoms with Gasteiger partial charge in [0.15, 0.2) is 0 Å². The molecule has 0 unspecified atom stereocenters. The van der Waals surface area contributed by atoms with Crippen LogP contribution in [0.2, 0.25) is 0 Å². The van der Waals surface area contributed by atoms with Crippen LogP contribution in [0.15, 0.2) is 53.4 Å². The van der Waals surface area contributed by atoms with E-state index in [1.165, 1.54) is 21.3 Å². The van der Waals surface area contributed by atoms with E-state index in [4.69, 9.17) is 0 Å². The third-order valence-electron chi connectivity index (χ3n) is 4.84. The molecule has 1 aliphatic rings. The summed E-state index contributed by atoms with van der Waals surface area (Å²) in [7, 11) is -1.76. The predicted octanol–water partition coefficient (Wildman–Crippen LogP) is 3.21. The van der Waals surface area contributed by atoms with Crippen molar-refractivity contribution >= 4 is 21.6 Å². The molecule has 27 heavy (non-hydrogen) atoms. The maximum Gasteiger partial charge on any atom is 0.243 e. The molecule has 3 rings (SSSR count). The zero-order valence-electron chi connectivity index (χ0n) is 15.3. The number of anilines is 1. The summed E-state index contributed by atoms with van der Waals surface area (Å²) in [5, 5.41) is 0. The molecular formula is C20H23FN2O3S. The van der Waals surface area contributed by atoms with Gasteiger partial charge in [0, 0.05) is 32.2 Å². The van der Waals surface area contributed by atoms with E-state index in [0.29, 0.717) is 30.1 Å². The molecule has 0 aromatic heterocycles. The fourth-order valence-electron chi connectivity index (χ4n) is 3.13. The van der Waals surface area contributed by atoms with Crippen molar-refractivity contribution in [3.05, 3.63) is 59.9 Å². The minimum absolute atomic E-state index is 0.0876. The molecule has 2 aromatic carbocycles. The van der Waals surface area contributed by atoms with Gasteiger partial charge in [-0.2, -0.15) is 4.31 Å². The molecule has 1 saturated heterocycles. The number of aryl methyl sites for hydroxylation is 1. The van der Waals surface area contributed by atoms with Crippen LogP contribution in [0.3, 0.4) is 0 Å². The number of nitrogens with zero attached hydrogens (tertiary/aromatic N) is 2. The second-order valence-electron chi connectivity index (χ2n) is 6.68. The van der Waals surface area contributed by atoms with Crippen LogP contribution in [0.4, 0.5) is 10.1 Å². The normalized spacial score (nSPS) is 15.0. The molecule has 1 aliphatic heterocycles. The van der Waals surface area contributed by atoms with Crippen molar-refractivity contribution in [2.75, 3.05) is 25.0 Å². The average molecular weight is 390 g/mol. The van der Waals surface area contributed by atoms with E-state index >= 15 is 0 Å². The van der Waals surface area contributed by atoms with Crippen molar-refractivity contribution in [3.8, 4) is 0 Å². The van der Waals surface area contributed by atoms with E-state index in [0.717, 1.165) is 18.4 Å². The van der Waals surface area contributed by atoms with Crippen LogP contribution in [-0.4, -0.2) is 38.8 Å². The summed E-state index contributed by atoms with van der Waals surface area (Å²) in [4.78, 5) is 14.1. The van der Waals surface area contributed by atoms with Crippen LogP contribution in [0.5, 0.6) is 0 Å². The van der Waals surface area contributed by atoms with Gasteiger partial charge in [0.05, 0.1) is 4.90 Å². The summed E-state index contributed by atoms with van der Waals surface area (Å²) in [6, 6.07) is 12.5. The Balaban J connectivity index is 1.60. The fourth-order valence-corrected chi connectivity index (χ4v) is 4.65. The molecule has 1 amide bonds. The summed E-state index contributed by atoms with van der Waals surface area (Å²) in [5.74, 6) is -0.432. The Labute approximate surface area is 159 Å². The van der Waals surface area contributed by atoms with Crippen LogP contribution in [0.1, 0.15) is 24.8 Å². The van der Waals surface area contributed by atoms with Gasteiger partial charge >= 0.3 is 0 Å². The predicted molar refractivity (Wildman–Crippen MR) is 103 cm³/mol. The van der Waals surface area contributed by atoms with Crippen LogP contribution in [0, 0.1) is 5.82 Å². The Morgan fingerprint density at radius 2 is 1.63 bits per heavy atom. The Kier molecular flexibility index (Phi) is 5.92. The second kappa shape index (κ2) is 8.19. The number of benzene rings is 2. The van der Waals surface area contributed by atoms with Crippen LogP contribution >= 0.6 is 0 Å². The lowest BCUT2D eigenvalue weighted by Crippen LogP contribution is -2.27. The van der Waals surface area contributed by atoms with Crippen LogP contribution in [0.25, 0.3) is 0 Å². The number of carbonyl (C=O) groups is 1. The van der Waals surface area contributed by atoms with E-state index in [1.807, 2.05) is 0 Å². The molecular weight excluding hydrogens is 367 g/mol. The van der Waals surface area contributed by atoms with E-state index in [1.54, 1.807) is 43.4 Å². The molecule has 0 aliphatic carbocycles. The lowest BCUT2D eigenvalue weighted by atomic mass is 10.1. The first-order valence-corrected chi connectivity index (χ1v) is 10.4. The quantitative estimate of drug-likeness (QED) is 0.761. The molecule has 1 fully saturated rings. The van der Waals surface area contributed by atoms with Gasteiger partial charge < -0.3 is 4.90 Å². The minimum atomic E-state index is -3.41. The van der Waals surface area contributed by atoms with E-state index in [2.05, 4.69) is 0 Å². The Morgan fingerprint density at radius 1 is 1.04 bits per heavy atom. The molecule has 0 N–H and O–H groups in total. The average Bonchev–Trinajstić information content (AvgIpc) is 3.22. The van der Waals surface area contributed by atoms with Gasteiger partial charge in [-0.1, -0.05) is 12.1 Å². The topological polar surface area (TPSA) is 57.7 Å².